The van der Waals surface area contributed by atoms with Crippen molar-refractivity contribution in [2.45, 2.75) is 0 Å². The molecule has 18 heavy (non-hydrogen) atoms. The standard InChI is InChI=1S/C10H13ClN4O3/c1-16-2-3-17-4-5-18-9-6-8(11)14-10-12-7-13-15(9)10/h6-7H,2-5H2,1H3. The number of ether oxygens (including phenoxy) is 3. The number of rotatable bonds is 7. The SMILES string of the molecule is COCCOCCOc1cc(Cl)nc2ncnn12. The van der Waals surface area contributed by atoms with E-state index < -0.39 is 0 Å². The van der Waals surface area contributed by atoms with Crippen LogP contribution in [0.15, 0.2) is 12.4 Å². The third kappa shape index (κ3) is 3.28. The fourth-order valence-corrected chi connectivity index (χ4v) is 1.48. The highest BCUT2D eigenvalue weighted by atomic mass is 35.5. The van der Waals surface area contributed by atoms with Gasteiger partial charge in [-0.1, -0.05) is 11.6 Å². The van der Waals surface area contributed by atoms with Gasteiger partial charge in [0.25, 0.3) is 5.78 Å². The van der Waals surface area contributed by atoms with Gasteiger partial charge < -0.3 is 14.2 Å². The first-order valence-corrected chi connectivity index (χ1v) is 5.75. The first-order chi connectivity index (χ1) is 8.81. The van der Waals surface area contributed by atoms with Gasteiger partial charge in [-0.15, -0.1) is 0 Å². The summed E-state index contributed by atoms with van der Waals surface area (Å²) in [5.74, 6) is 0.885. The van der Waals surface area contributed by atoms with Crippen molar-refractivity contribution in [3.05, 3.63) is 17.5 Å². The molecule has 0 N–H and O–H groups in total. The second kappa shape index (κ2) is 6.48. The Morgan fingerprint density at radius 2 is 2.11 bits per heavy atom. The Labute approximate surface area is 109 Å². The van der Waals surface area contributed by atoms with Crippen LogP contribution in [0.25, 0.3) is 5.78 Å². The molecule has 0 spiro atoms. The molecule has 0 unspecified atom stereocenters. The van der Waals surface area contributed by atoms with E-state index in [-0.39, 0.29) is 0 Å². The van der Waals surface area contributed by atoms with Crippen molar-refractivity contribution in [3.8, 4) is 5.88 Å². The van der Waals surface area contributed by atoms with Gasteiger partial charge in [0.1, 0.15) is 18.1 Å². The molecule has 0 saturated heterocycles. The van der Waals surface area contributed by atoms with Gasteiger partial charge in [0.15, 0.2) is 0 Å². The van der Waals surface area contributed by atoms with Crippen LogP contribution < -0.4 is 4.74 Å². The van der Waals surface area contributed by atoms with E-state index in [0.717, 1.165) is 0 Å². The minimum Gasteiger partial charge on any atom is -0.475 e. The van der Waals surface area contributed by atoms with Crippen LogP contribution in [0.3, 0.4) is 0 Å². The average molecular weight is 273 g/mol. The summed E-state index contributed by atoms with van der Waals surface area (Å²) in [5.41, 5.74) is 0. The molecule has 98 valence electrons. The van der Waals surface area contributed by atoms with E-state index in [9.17, 15) is 0 Å². The van der Waals surface area contributed by atoms with Crippen molar-refractivity contribution in [2.75, 3.05) is 33.5 Å². The van der Waals surface area contributed by atoms with E-state index in [1.54, 1.807) is 13.2 Å². The second-order valence-electron chi connectivity index (χ2n) is 3.34. The quantitative estimate of drug-likeness (QED) is 0.549. The molecule has 0 aliphatic heterocycles. The molecule has 2 aromatic heterocycles. The van der Waals surface area contributed by atoms with E-state index in [4.69, 9.17) is 25.8 Å². The number of fused-ring (bicyclic) bond motifs is 1. The molecule has 0 aromatic carbocycles. The van der Waals surface area contributed by atoms with Crippen LogP contribution in [0.1, 0.15) is 0 Å². The van der Waals surface area contributed by atoms with Crippen LogP contribution in [0.4, 0.5) is 0 Å². The molecule has 0 atom stereocenters. The molecule has 0 bridgehead atoms. The highest BCUT2D eigenvalue weighted by molar-refractivity contribution is 6.29. The van der Waals surface area contributed by atoms with Gasteiger partial charge in [-0.3, -0.25) is 0 Å². The monoisotopic (exact) mass is 272 g/mol. The molecule has 8 heteroatoms. The number of halogens is 1. The second-order valence-corrected chi connectivity index (χ2v) is 3.73. The van der Waals surface area contributed by atoms with E-state index in [1.165, 1.54) is 10.8 Å². The normalized spacial score (nSPS) is 11.0. The summed E-state index contributed by atoms with van der Waals surface area (Å²) < 4.78 is 17.1. The molecule has 0 saturated carbocycles. The molecule has 0 fully saturated rings. The van der Waals surface area contributed by atoms with Gasteiger partial charge in [0.05, 0.1) is 19.8 Å². The Hall–Kier alpha value is -1.44. The van der Waals surface area contributed by atoms with Crippen molar-refractivity contribution >= 4 is 17.4 Å². The molecule has 0 aliphatic carbocycles. The summed E-state index contributed by atoms with van der Waals surface area (Å²) in [6.45, 7) is 1.95. The third-order valence-electron chi connectivity index (χ3n) is 2.10. The first kappa shape index (κ1) is 13.0. The zero-order chi connectivity index (χ0) is 12.8. The summed E-state index contributed by atoms with van der Waals surface area (Å²) in [6, 6.07) is 1.58. The van der Waals surface area contributed by atoms with Gasteiger partial charge >= 0.3 is 0 Å². The van der Waals surface area contributed by atoms with Gasteiger partial charge in [0, 0.05) is 13.2 Å². The average Bonchev–Trinajstić information content (AvgIpc) is 2.81. The van der Waals surface area contributed by atoms with Gasteiger partial charge in [0.2, 0.25) is 5.88 Å². The Morgan fingerprint density at radius 3 is 2.94 bits per heavy atom. The van der Waals surface area contributed by atoms with Crippen molar-refractivity contribution in [2.24, 2.45) is 0 Å². The molecular formula is C10H13ClN4O3. The molecule has 0 amide bonds. The lowest BCUT2D eigenvalue weighted by atomic mass is 10.6. The van der Waals surface area contributed by atoms with Crippen molar-refractivity contribution in [3.63, 3.8) is 0 Å². The summed E-state index contributed by atoms with van der Waals surface area (Å²) in [5, 5.41) is 4.30. The molecule has 0 radical (unpaired) electrons. The fraction of sp³-hybridized carbons (Fsp3) is 0.500. The Morgan fingerprint density at radius 1 is 1.28 bits per heavy atom. The smallest absolute Gasteiger partial charge is 0.256 e. The van der Waals surface area contributed by atoms with Crippen molar-refractivity contribution in [1.82, 2.24) is 19.6 Å². The van der Waals surface area contributed by atoms with Crippen LogP contribution in [0, 0.1) is 0 Å². The lowest BCUT2D eigenvalue weighted by Gasteiger charge is -2.08. The highest BCUT2D eigenvalue weighted by Crippen LogP contribution is 2.16. The number of methoxy groups -OCH3 is 1. The minimum atomic E-state index is 0.311. The molecule has 0 aliphatic rings. The Kier molecular flexibility index (Phi) is 4.68. The number of hydrogen-bond acceptors (Lipinski definition) is 6. The summed E-state index contributed by atoms with van der Waals surface area (Å²) in [7, 11) is 1.63. The first-order valence-electron chi connectivity index (χ1n) is 5.37. The predicted octanol–water partition coefficient (Wildman–Crippen LogP) is 0.819. The highest BCUT2D eigenvalue weighted by Gasteiger charge is 2.07. The van der Waals surface area contributed by atoms with E-state index in [0.29, 0.717) is 43.2 Å². The topological polar surface area (TPSA) is 70.8 Å². The summed E-state index contributed by atoms with van der Waals surface area (Å²) in [4.78, 5) is 7.93. The van der Waals surface area contributed by atoms with Crippen LogP contribution >= 0.6 is 11.6 Å². The Balaban J connectivity index is 1.89. The van der Waals surface area contributed by atoms with Gasteiger partial charge in [-0.25, -0.2) is 0 Å². The van der Waals surface area contributed by atoms with Gasteiger partial charge in [-0.2, -0.15) is 19.6 Å². The lowest BCUT2D eigenvalue weighted by Crippen LogP contribution is -2.11. The zero-order valence-corrected chi connectivity index (χ0v) is 10.6. The van der Waals surface area contributed by atoms with Crippen LogP contribution in [-0.2, 0) is 9.47 Å². The number of hydrogen-bond donors (Lipinski definition) is 0. The maximum Gasteiger partial charge on any atom is 0.256 e. The molecule has 2 aromatic rings. The molecular weight excluding hydrogens is 260 g/mol. The van der Waals surface area contributed by atoms with Gasteiger partial charge in [-0.05, 0) is 0 Å². The fourth-order valence-electron chi connectivity index (χ4n) is 1.31. The third-order valence-corrected chi connectivity index (χ3v) is 2.29. The van der Waals surface area contributed by atoms with Crippen molar-refractivity contribution in [1.29, 1.82) is 0 Å². The number of aromatic nitrogens is 4. The summed E-state index contributed by atoms with van der Waals surface area (Å²) >= 11 is 5.84. The lowest BCUT2D eigenvalue weighted by molar-refractivity contribution is 0.0533. The van der Waals surface area contributed by atoms with E-state index in [2.05, 4.69) is 15.1 Å². The maximum atomic E-state index is 5.84. The minimum absolute atomic E-state index is 0.311. The maximum absolute atomic E-state index is 5.84. The predicted molar refractivity (Wildman–Crippen MR) is 64.0 cm³/mol. The summed E-state index contributed by atoms with van der Waals surface area (Å²) in [6.07, 6.45) is 1.39. The van der Waals surface area contributed by atoms with Crippen LogP contribution in [0.5, 0.6) is 5.88 Å². The van der Waals surface area contributed by atoms with E-state index in [1.807, 2.05) is 0 Å². The molecule has 2 rings (SSSR count). The Bertz CT molecular complexity index is 505. The zero-order valence-electron chi connectivity index (χ0n) is 9.87. The number of nitrogens with zero attached hydrogens (tertiary/aromatic N) is 4. The molecule has 2 heterocycles. The largest absolute Gasteiger partial charge is 0.475 e. The molecule has 7 nitrogen and oxygen atoms in total. The van der Waals surface area contributed by atoms with Crippen LogP contribution in [0.2, 0.25) is 5.15 Å². The van der Waals surface area contributed by atoms with Crippen molar-refractivity contribution < 1.29 is 14.2 Å². The van der Waals surface area contributed by atoms with Crippen LogP contribution in [-0.4, -0.2) is 53.1 Å². The van der Waals surface area contributed by atoms with E-state index >= 15 is 0 Å².